The van der Waals surface area contributed by atoms with Crippen LogP contribution in [0.5, 0.6) is 0 Å². The molecule has 0 radical (unpaired) electrons. The van der Waals surface area contributed by atoms with Crippen LogP contribution in [0, 0.1) is 0 Å². The van der Waals surface area contributed by atoms with Gasteiger partial charge < -0.3 is 5.73 Å². The zero-order chi connectivity index (χ0) is 14.0. The van der Waals surface area contributed by atoms with Crippen LogP contribution in [-0.4, -0.2) is 24.5 Å². The van der Waals surface area contributed by atoms with Gasteiger partial charge in [0.05, 0.1) is 28.4 Å². The van der Waals surface area contributed by atoms with E-state index in [0.717, 1.165) is 28.8 Å². The first kappa shape index (κ1) is 14.2. The van der Waals surface area contributed by atoms with Crippen molar-refractivity contribution in [2.75, 3.05) is 0 Å². The molecule has 6 nitrogen and oxygen atoms in total. The van der Waals surface area contributed by atoms with Gasteiger partial charge in [-0.1, -0.05) is 6.92 Å². The maximum atomic E-state index is 5.77. The fraction of sp³-hybridized carbons (Fsp3) is 0.583. The molecule has 0 amide bonds. The SMILES string of the molecule is CCc1nn(CC)c(Cn2cnc(C(C)N)n2)c1Br. The van der Waals surface area contributed by atoms with E-state index in [1.54, 1.807) is 11.0 Å². The quantitative estimate of drug-likeness (QED) is 0.910. The van der Waals surface area contributed by atoms with Crippen molar-refractivity contribution < 1.29 is 0 Å². The van der Waals surface area contributed by atoms with E-state index in [4.69, 9.17) is 5.73 Å². The van der Waals surface area contributed by atoms with Crippen LogP contribution in [0.15, 0.2) is 10.8 Å². The molecule has 0 saturated heterocycles. The molecule has 0 aliphatic carbocycles. The van der Waals surface area contributed by atoms with Crippen molar-refractivity contribution in [2.45, 2.75) is 46.3 Å². The molecule has 1 atom stereocenters. The van der Waals surface area contributed by atoms with Gasteiger partial charge in [-0.05, 0) is 36.2 Å². The summed E-state index contributed by atoms with van der Waals surface area (Å²) in [6, 6.07) is -0.146. The van der Waals surface area contributed by atoms with Gasteiger partial charge >= 0.3 is 0 Å². The highest BCUT2D eigenvalue weighted by molar-refractivity contribution is 9.10. The van der Waals surface area contributed by atoms with E-state index in [-0.39, 0.29) is 6.04 Å². The Morgan fingerprint density at radius 3 is 2.63 bits per heavy atom. The van der Waals surface area contributed by atoms with Crippen LogP contribution in [0.2, 0.25) is 0 Å². The molecule has 104 valence electrons. The van der Waals surface area contributed by atoms with Crippen molar-refractivity contribution in [3.8, 4) is 0 Å². The highest BCUT2D eigenvalue weighted by Gasteiger charge is 2.15. The molecule has 2 rings (SSSR count). The van der Waals surface area contributed by atoms with E-state index in [2.05, 4.69) is 45.0 Å². The minimum atomic E-state index is -0.146. The molecule has 0 aliphatic rings. The summed E-state index contributed by atoms with van der Waals surface area (Å²) in [5.41, 5.74) is 7.95. The van der Waals surface area contributed by atoms with Crippen molar-refractivity contribution in [1.82, 2.24) is 24.5 Å². The van der Waals surface area contributed by atoms with Crippen LogP contribution in [-0.2, 0) is 19.5 Å². The lowest BCUT2D eigenvalue weighted by atomic mass is 10.3. The van der Waals surface area contributed by atoms with Crippen LogP contribution in [0.25, 0.3) is 0 Å². The Balaban J connectivity index is 2.29. The van der Waals surface area contributed by atoms with Crippen molar-refractivity contribution in [2.24, 2.45) is 5.73 Å². The summed E-state index contributed by atoms with van der Waals surface area (Å²) < 4.78 is 4.86. The van der Waals surface area contributed by atoms with Crippen LogP contribution in [0.4, 0.5) is 0 Å². The summed E-state index contributed by atoms with van der Waals surface area (Å²) in [6.07, 6.45) is 2.62. The van der Waals surface area contributed by atoms with E-state index in [0.29, 0.717) is 12.4 Å². The normalized spacial score (nSPS) is 12.9. The number of hydrogen-bond donors (Lipinski definition) is 1. The monoisotopic (exact) mass is 326 g/mol. The second-order valence-electron chi connectivity index (χ2n) is 4.47. The highest BCUT2D eigenvalue weighted by atomic mass is 79.9. The largest absolute Gasteiger partial charge is 0.321 e. The molecule has 2 heterocycles. The molecule has 2 N–H and O–H groups in total. The molecule has 7 heteroatoms. The van der Waals surface area contributed by atoms with Crippen molar-refractivity contribution in [1.29, 1.82) is 0 Å². The highest BCUT2D eigenvalue weighted by Crippen LogP contribution is 2.23. The van der Waals surface area contributed by atoms with Crippen LogP contribution >= 0.6 is 15.9 Å². The minimum absolute atomic E-state index is 0.146. The number of halogens is 1. The van der Waals surface area contributed by atoms with Gasteiger partial charge in [0, 0.05) is 6.54 Å². The Kier molecular flexibility index (Phi) is 4.36. The number of aromatic nitrogens is 5. The second-order valence-corrected chi connectivity index (χ2v) is 5.26. The molecular weight excluding hydrogens is 308 g/mol. The third kappa shape index (κ3) is 2.87. The molecule has 2 aromatic heterocycles. The number of nitrogens with zero attached hydrogens (tertiary/aromatic N) is 5. The molecule has 2 aromatic rings. The summed E-state index contributed by atoms with van der Waals surface area (Å²) >= 11 is 3.63. The molecule has 0 saturated carbocycles. The minimum Gasteiger partial charge on any atom is -0.321 e. The first-order chi connectivity index (χ1) is 9.06. The molecule has 19 heavy (non-hydrogen) atoms. The van der Waals surface area contributed by atoms with Crippen LogP contribution in [0.1, 0.15) is 44.0 Å². The fourth-order valence-electron chi connectivity index (χ4n) is 1.92. The fourth-order valence-corrected chi connectivity index (χ4v) is 2.61. The summed E-state index contributed by atoms with van der Waals surface area (Å²) in [6.45, 7) is 7.53. The van der Waals surface area contributed by atoms with Gasteiger partial charge in [-0.25, -0.2) is 9.67 Å². The third-order valence-electron chi connectivity index (χ3n) is 2.97. The molecular formula is C12H19BrN6. The topological polar surface area (TPSA) is 74.5 Å². The summed E-state index contributed by atoms with van der Waals surface area (Å²) in [5.74, 6) is 0.661. The first-order valence-electron chi connectivity index (χ1n) is 6.45. The van der Waals surface area contributed by atoms with Gasteiger partial charge in [0.25, 0.3) is 0 Å². The van der Waals surface area contributed by atoms with Gasteiger partial charge in [0.15, 0.2) is 5.82 Å². The van der Waals surface area contributed by atoms with Gasteiger partial charge in [0.2, 0.25) is 0 Å². The van der Waals surface area contributed by atoms with Gasteiger partial charge in [-0.15, -0.1) is 0 Å². The Bertz CT molecular complexity index is 557. The second kappa shape index (κ2) is 5.83. The summed E-state index contributed by atoms with van der Waals surface area (Å²) in [5, 5.41) is 8.94. The van der Waals surface area contributed by atoms with E-state index in [1.165, 1.54) is 0 Å². The Labute approximate surface area is 121 Å². The molecule has 0 spiro atoms. The molecule has 0 fully saturated rings. The lowest BCUT2D eigenvalue weighted by molar-refractivity contribution is 0.566. The maximum Gasteiger partial charge on any atom is 0.166 e. The van der Waals surface area contributed by atoms with E-state index in [9.17, 15) is 0 Å². The number of nitrogens with two attached hydrogens (primary N) is 1. The van der Waals surface area contributed by atoms with Crippen molar-refractivity contribution >= 4 is 15.9 Å². The molecule has 1 unspecified atom stereocenters. The first-order valence-corrected chi connectivity index (χ1v) is 7.25. The van der Waals surface area contributed by atoms with Gasteiger partial charge in [0.1, 0.15) is 6.33 Å². The predicted molar refractivity (Wildman–Crippen MR) is 76.7 cm³/mol. The van der Waals surface area contributed by atoms with Crippen LogP contribution < -0.4 is 5.73 Å². The summed E-state index contributed by atoms with van der Waals surface area (Å²) in [7, 11) is 0. The van der Waals surface area contributed by atoms with E-state index >= 15 is 0 Å². The average molecular weight is 327 g/mol. The van der Waals surface area contributed by atoms with Gasteiger partial charge in [-0.2, -0.15) is 10.2 Å². The number of aryl methyl sites for hydroxylation is 2. The van der Waals surface area contributed by atoms with E-state index < -0.39 is 0 Å². The Hall–Kier alpha value is -1.21. The zero-order valence-corrected chi connectivity index (χ0v) is 13.1. The molecule has 0 aliphatic heterocycles. The summed E-state index contributed by atoms with van der Waals surface area (Å²) in [4.78, 5) is 4.21. The lowest BCUT2D eigenvalue weighted by Gasteiger charge is -2.05. The molecule has 0 aromatic carbocycles. The maximum absolute atomic E-state index is 5.77. The van der Waals surface area contributed by atoms with Crippen molar-refractivity contribution in [3.05, 3.63) is 28.0 Å². The number of hydrogen-bond acceptors (Lipinski definition) is 4. The number of rotatable bonds is 5. The predicted octanol–water partition coefficient (Wildman–Crippen LogP) is 1.89. The lowest BCUT2D eigenvalue weighted by Crippen LogP contribution is -2.11. The average Bonchev–Trinajstić information content (AvgIpc) is 2.96. The Morgan fingerprint density at radius 1 is 1.37 bits per heavy atom. The van der Waals surface area contributed by atoms with Crippen molar-refractivity contribution in [3.63, 3.8) is 0 Å². The van der Waals surface area contributed by atoms with Gasteiger partial charge in [-0.3, -0.25) is 4.68 Å². The van der Waals surface area contributed by atoms with Crippen LogP contribution in [0.3, 0.4) is 0 Å². The standard InChI is InChI=1S/C12H19BrN6/c1-4-9-11(13)10(19(5-2)16-9)6-18-7-15-12(17-18)8(3)14/h7-8H,4-6,14H2,1-3H3. The molecule has 0 bridgehead atoms. The van der Waals surface area contributed by atoms with E-state index in [1.807, 2.05) is 11.6 Å². The zero-order valence-electron chi connectivity index (χ0n) is 11.5. The Morgan fingerprint density at radius 2 is 2.11 bits per heavy atom. The smallest absolute Gasteiger partial charge is 0.166 e. The third-order valence-corrected chi connectivity index (χ3v) is 3.88.